The van der Waals surface area contributed by atoms with Crippen molar-refractivity contribution in [3.8, 4) is 0 Å². The van der Waals surface area contributed by atoms with Gasteiger partial charge < -0.3 is 10.4 Å². The highest BCUT2D eigenvalue weighted by atomic mass is 32.2. The first-order valence-corrected chi connectivity index (χ1v) is 6.93. The monoisotopic (exact) mass is 254 g/mol. The van der Waals surface area contributed by atoms with Crippen molar-refractivity contribution in [3.05, 3.63) is 29.3 Å². The van der Waals surface area contributed by atoms with E-state index in [0.29, 0.717) is 0 Å². The summed E-state index contributed by atoms with van der Waals surface area (Å²) in [7, 11) is -0.810. The van der Waals surface area contributed by atoms with E-state index >= 15 is 0 Å². The average molecular weight is 254 g/mol. The van der Waals surface area contributed by atoms with Crippen LogP contribution in [0.2, 0.25) is 0 Å². The molecule has 0 aromatic heterocycles. The zero-order chi connectivity index (χ0) is 13.0. The molecule has 4 nitrogen and oxygen atoms in total. The minimum absolute atomic E-state index is 0.128. The van der Waals surface area contributed by atoms with Gasteiger partial charge >= 0.3 is 5.97 Å². The molecule has 0 saturated carbocycles. The molecule has 1 radical (unpaired) electrons. The van der Waals surface area contributed by atoms with Gasteiger partial charge in [0.15, 0.2) is 0 Å². The Balaban J connectivity index is 2.74. The van der Waals surface area contributed by atoms with Gasteiger partial charge in [0.1, 0.15) is 0 Å². The van der Waals surface area contributed by atoms with Crippen LogP contribution in [0.25, 0.3) is 0 Å². The third kappa shape index (κ3) is 3.78. The van der Waals surface area contributed by atoms with E-state index in [1.165, 1.54) is 0 Å². The van der Waals surface area contributed by atoms with E-state index in [4.69, 9.17) is 5.11 Å². The van der Waals surface area contributed by atoms with Gasteiger partial charge in [-0.3, -0.25) is 9.59 Å². The molecule has 0 aliphatic carbocycles. The molecular weight excluding hydrogens is 238 g/mol. The SMILES string of the molecule is Cc1cccc(NC(=O)[S](C)CC(=O)O)c1C. The van der Waals surface area contributed by atoms with Gasteiger partial charge in [-0.2, -0.15) is 0 Å². The quantitative estimate of drug-likeness (QED) is 0.871. The molecule has 2 N–H and O–H groups in total. The lowest BCUT2D eigenvalue weighted by Crippen LogP contribution is -2.15. The third-order valence-corrected chi connectivity index (χ3v) is 3.91. The van der Waals surface area contributed by atoms with Gasteiger partial charge in [-0.15, -0.1) is 10.9 Å². The topological polar surface area (TPSA) is 66.4 Å². The summed E-state index contributed by atoms with van der Waals surface area (Å²) < 4.78 is 0. The molecule has 1 aromatic carbocycles. The van der Waals surface area contributed by atoms with Gasteiger partial charge in [-0.1, -0.05) is 12.1 Å². The second kappa shape index (κ2) is 5.72. The van der Waals surface area contributed by atoms with Gasteiger partial charge in [0.25, 0.3) is 5.24 Å². The Kier molecular flexibility index (Phi) is 4.57. The molecule has 1 rings (SSSR count). The van der Waals surface area contributed by atoms with Gasteiger partial charge in [0, 0.05) is 5.69 Å². The number of benzene rings is 1. The summed E-state index contributed by atoms with van der Waals surface area (Å²) in [5.74, 6) is -1.08. The number of carboxylic acid groups (broad SMARTS) is 1. The fourth-order valence-corrected chi connectivity index (χ4v) is 2.12. The molecule has 0 aliphatic rings. The minimum atomic E-state index is -0.952. The lowest BCUT2D eigenvalue weighted by molar-refractivity contribution is -0.133. The number of anilines is 1. The first-order chi connectivity index (χ1) is 7.91. The Morgan fingerprint density at radius 2 is 2.00 bits per heavy atom. The van der Waals surface area contributed by atoms with Crippen LogP contribution in [0.5, 0.6) is 0 Å². The zero-order valence-corrected chi connectivity index (χ0v) is 10.9. The Bertz CT molecular complexity index is 445. The number of hydrogen-bond donors (Lipinski definition) is 2. The molecule has 0 atom stereocenters. The smallest absolute Gasteiger partial charge is 0.313 e. The number of aryl methyl sites for hydroxylation is 1. The second-order valence-electron chi connectivity index (χ2n) is 3.84. The van der Waals surface area contributed by atoms with E-state index in [0.717, 1.165) is 16.8 Å². The summed E-state index contributed by atoms with van der Waals surface area (Å²) in [5.41, 5.74) is 2.85. The molecule has 93 valence electrons. The number of amides is 1. The molecule has 0 spiro atoms. The molecule has 0 unspecified atom stereocenters. The van der Waals surface area contributed by atoms with Crippen molar-refractivity contribution >= 4 is 27.8 Å². The lowest BCUT2D eigenvalue weighted by Gasteiger charge is -2.14. The summed E-state index contributed by atoms with van der Waals surface area (Å²) in [6.45, 7) is 3.89. The molecule has 1 amide bonds. The van der Waals surface area contributed by atoms with E-state index < -0.39 is 16.9 Å². The van der Waals surface area contributed by atoms with Crippen molar-refractivity contribution in [2.24, 2.45) is 0 Å². The van der Waals surface area contributed by atoms with Gasteiger partial charge in [-0.05, 0) is 37.3 Å². The fourth-order valence-electron chi connectivity index (χ4n) is 1.33. The number of carboxylic acids is 1. The van der Waals surface area contributed by atoms with Crippen LogP contribution in [0.3, 0.4) is 0 Å². The molecule has 1 aromatic rings. The second-order valence-corrected chi connectivity index (χ2v) is 5.77. The maximum atomic E-state index is 11.7. The predicted molar refractivity (Wildman–Crippen MR) is 71.0 cm³/mol. The first kappa shape index (κ1) is 13.6. The Morgan fingerprint density at radius 1 is 1.35 bits per heavy atom. The maximum absolute atomic E-state index is 11.7. The molecule has 0 heterocycles. The average Bonchev–Trinajstić information content (AvgIpc) is 2.23. The van der Waals surface area contributed by atoms with Crippen LogP contribution in [-0.2, 0) is 4.79 Å². The van der Waals surface area contributed by atoms with Crippen LogP contribution < -0.4 is 5.32 Å². The highest BCUT2D eigenvalue weighted by Gasteiger charge is 2.15. The highest BCUT2D eigenvalue weighted by Crippen LogP contribution is 2.25. The number of carbonyl (C=O) groups excluding carboxylic acids is 1. The molecule has 0 bridgehead atoms. The fraction of sp³-hybridized carbons (Fsp3) is 0.333. The molecule has 0 fully saturated rings. The summed E-state index contributed by atoms with van der Waals surface area (Å²) in [6.07, 6.45) is 1.63. The number of hydrogen-bond acceptors (Lipinski definition) is 2. The Morgan fingerprint density at radius 3 is 2.59 bits per heavy atom. The normalized spacial score (nSPS) is 10.4. The van der Waals surface area contributed by atoms with Crippen LogP contribution in [0, 0.1) is 13.8 Å². The zero-order valence-electron chi connectivity index (χ0n) is 10.1. The summed E-state index contributed by atoms with van der Waals surface area (Å²) in [5, 5.41) is 11.2. The van der Waals surface area contributed by atoms with Gasteiger partial charge in [0.05, 0.1) is 5.75 Å². The molecular formula is C12H16NO3S. The Hall–Kier alpha value is -1.49. The van der Waals surface area contributed by atoms with Crippen molar-refractivity contribution < 1.29 is 14.7 Å². The number of nitrogens with one attached hydrogen (secondary N) is 1. The summed E-state index contributed by atoms with van der Waals surface area (Å²) in [4.78, 5) is 22.3. The molecule has 17 heavy (non-hydrogen) atoms. The summed E-state index contributed by atoms with van der Waals surface area (Å²) in [6, 6.07) is 5.65. The van der Waals surface area contributed by atoms with E-state index in [-0.39, 0.29) is 11.0 Å². The van der Waals surface area contributed by atoms with Crippen molar-refractivity contribution in [1.29, 1.82) is 0 Å². The van der Waals surface area contributed by atoms with E-state index in [2.05, 4.69) is 5.32 Å². The van der Waals surface area contributed by atoms with Crippen LogP contribution in [0.1, 0.15) is 11.1 Å². The van der Waals surface area contributed by atoms with Crippen LogP contribution in [-0.4, -0.2) is 28.3 Å². The van der Waals surface area contributed by atoms with E-state index in [9.17, 15) is 9.59 Å². The number of rotatable bonds is 3. The molecule has 0 saturated heterocycles. The first-order valence-electron chi connectivity index (χ1n) is 5.13. The number of aliphatic carboxylic acids is 1. The largest absolute Gasteiger partial charge is 0.481 e. The Labute approximate surface area is 103 Å². The lowest BCUT2D eigenvalue weighted by atomic mass is 10.1. The third-order valence-electron chi connectivity index (χ3n) is 2.50. The maximum Gasteiger partial charge on any atom is 0.313 e. The standard InChI is InChI=1S/C12H16NO3S/c1-8-5-4-6-10(9(8)2)13-12(16)17(3)7-11(14)15/h4-6H,7H2,1-3H3,(H,13,16)(H,14,15). The van der Waals surface area contributed by atoms with E-state index in [1.807, 2.05) is 32.0 Å². The van der Waals surface area contributed by atoms with Crippen molar-refractivity contribution in [2.45, 2.75) is 13.8 Å². The summed E-state index contributed by atoms with van der Waals surface area (Å²) >= 11 is 0. The molecule has 5 heteroatoms. The van der Waals surface area contributed by atoms with Crippen molar-refractivity contribution in [1.82, 2.24) is 0 Å². The predicted octanol–water partition coefficient (Wildman–Crippen LogP) is 2.82. The number of carbonyl (C=O) groups is 2. The van der Waals surface area contributed by atoms with Gasteiger partial charge in [0.2, 0.25) is 0 Å². The van der Waals surface area contributed by atoms with Crippen LogP contribution in [0.4, 0.5) is 10.5 Å². The highest BCUT2D eigenvalue weighted by molar-refractivity contribution is 8.29. The minimum Gasteiger partial charge on any atom is -0.481 e. The van der Waals surface area contributed by atoms with Crippen molar-refractivity contribution in [2.75, 3.05) is 17.3 Å². The van der Waals surface area contributed by atoms with E-state index in [1.54, 1.807) is 6.26 Å². The van der Waals surface area contributed by atoms with Crippen molar-refractivity contribution in [3.63, 3.8) is 0 Å². The molecule has 0 aliphatic heterocycles. The van der Waals surface area contributed by atoms with Crippen LogP contribution >= 0.6 is 10.9 Å². The van der Waals surface area contributed by atoms with Gasteiger partial charge in [-0.25, -0.2) is 0 Å². The van der Waals surface area contributed by atoms with Crippen LogP contribution in [0.15, 0.2) is 18.2 Å².